The van der Waals surface area contributed by atoms with Crippen LogP contribution in [0.15, 0.2) is 54.7 Å². The molecule has 0 bridgehead atoms. The van der Waals surface area contributed by atoms with Gasteiger partial charge in [-0.3, -0.25) is 9.89 Å². The monoisotopic (exact) mass is 363 g/mol. The second-order valence-corrected chi connectivity index (χ2v) is 6.33. The van der Waals surface area contributed by atoms with E-state index >= 15 is 0 Å². The molecule has 3 heterocycles. The highest BCUT2D eigenvalue weighted by atomic mass is 16.5. The van der Waals surface area contributed by atoms with Gasteiger partial charge in [0.2, 0.25) is 0 Å². The van der Waals surface area contributed by atoms with Gasteiger partial charge in [0.1, 0.15) is 17.3 Å². The molecular formula is C20H21N5O2. The number of para-hydroxylation sites is 1. The van der Waals surface area contributed by atoms with E-state index in [2.05, 4.69) is 20.1 Å². The third kappa shape index (κ3) is 3.48. The van der Waals surface area contributed by atoms with Crippen LogP contribution in [0.25, 0.3) is 11.3 Å². The molecule has 0 radical (unpaired) electrons. The third-order valence-corrected chi connectivity index (χ3v) is 4.73. The van der Waals surface area contributed by atoms with Crippen LogP contribution in [0.4, 0.5) is 5.82 Å². The van der Waals surface area contributed by atoms with Gasteiger partial charge in [0, 0.05) is 37.9 Å². The summed E-state index contributed by atoms with van der Waals surface area (Å²) < 4.78 is 5.38. The zero-order valence-corrected chi connectivity index (χ0v) is 15.1. The van der Waals surface area contributed by atoms with Crippen molar-refractivity contribution in [2.45, 2.75) is 0 Å². The van der Waals surface area contributed by atoms with Crippen LogP contribution in [0, 0.1) is 0 Å². The highest BCUT2D eigenvalue weighted by Crippen LogP contribution is 2.28. The second-order valence-electron chi connectivity index (χ2n) is 6.33. The molecule has 1 saturated heterocycles. The fourth-order valence-electron chi connectivity index (χ4n) is 3.28. The highest BCUT2D eigenvalue weighted by Gasteiger charge is 2.24. The summed E-state index contributed by atoms with van der Waals surface area (Å²) in [5.74, 6) is 1.64. The van der Waals surface area contributed by atoms with Crippen molar-refractivity contribution in [3.8, 4) is 17.0 Å². The molecule has 1 aliphatic heterocycles. The first-order chi connectivity index (χ1) is 13.3. The Hall–Kier alpha value is -3.35. The predicted molar refractivity (Wildman–Crippen MR) is 103 cm³/mol. The van der Waals surface area contributed by atoms with Crippen LogP contribution in [-0.2, 0) is 0 Å². The summed E-state index contributed by atoms with van der Waals surface area (Å²) in [5.41, 5.74) is 2.04. The minimum atomic E-state index is -0.0377. The van der Waals surface area contributed by atoms with Crippen LogP contribution in [0.3, 0.4) is 0 Å². The van der Waals surface area contributed by atoms with E-state index in [1.165, 1.54) is 0 Å². The quantitative estimate of drug-likeness (QED) is 0.771. The van der Waals surface area contributed by atoms with Crippen molar-refractivity contribution in [1.82, 2.24) is 20.1 Å². The first kappa shape index (κ1) is 17.1. The van der Waals surface area contributed by atoms with Gasteiger partial charge in [-0.25, -0.2) is 4.98 Å². The Kier molecular flexibility index (Phi) is 4.74. The van der Waals surface area contributed by atoms with Gasteiger partial charge in [0.15, 0.2) is 0 Å². The molecule has 0 spiro atoms. The Labute approximate surface area is 157 Å². The average Bonchev–Trinajstić information content (AvgIpc) is 3.24. The van der Waals surface area contributed by atoms with Gasteiger partial charge < -0.3 is 14.5 Å². The number of anilines is 1. The molecule has 2 aromatic heterocycles. The first-order valence-electron chi connectivity index (χ1n) is 8.90. The molecule has 0 aliphatic carbocycles. The Morgan fingerprint density at radius 2 is 1.85 bits per heavy atom. The summed E-state index contributed by atoms with van der Waals surface area (Å²) in [5, 5.41) is 7.17. The summed E-state index contributed by atoms with van der Waals surface area (Å²) in [7, 11) is 1.62. The number of amides is 1. The average molecular weight is 363 g/mol. The number of piperazine rings is 1. The minimum absolute atomic E-state index is 0.0377. The van der Waals surface area contributed by atoms with Crippen molar-refractivity contribution in [1.29, 1.82) is 0 Å². The molecular weight excluding hydrogens is 342 g/mol. The Balaban J connectivity index is 1.45. The van der Waals surface area contributed by atoms with E-state index in [1.807, 2.05) is 47.4 Å². The summed E-state index contributed by atoms with van der Waals surface area (Å²) in [6.07, 6.45) is 1.79. The SMILES string of the molecule is COc1ccccc1-c1cc(C(=O)N2CCN(c3ccccn3)CC2)[nH]n1. The van der Waals surface area contributed by atoms with E-state index in [-0.39, 0.29) is 5.91 Å². The smallest absolute Gasteiger partial charge is 0.272 e. The number of ether oxygens (including phenoxy) is 1. The number of H-pyrrole nitrogens is 1. The minimum Gasteiger partial charge on any atom is -0.496 e. The molecule has 1 fully saturated rings. The molecule has 7 nitrogen and oxygen atoms in total. The predicted octanol–water partition coefficient (Wildman–Crippen LogP) is 2.44. The van der Waals surface area contributed by atoms with Crippen LogP contribution >= 0.6 is 0 Å². The Morgan fingerprint density at radius 3 is 2.59 bits per heavy atom. The zero-order chi connectivity index (χ0) is 18.6. The van der Waals surface area contributed by atoms with E-state index < -0.39 is 0 Å². The standard InChI is InChI=1S/C20H21N5O2/c1-27-18-7-3-2-6-15(18)16-14-17(23-22-16)20(26)25-12-10-24(11-13-25)19-8-4-5-9-21-19/h2-9,14H,10-13H2,1H3,(H,22,23). The van der Waals surface area contributed by atoms with Crippen molar-refractivity contribution in [3.05, 3.63) is 60.4 Å². The largest absolute Gasteiger partial charge is 0.496 e. The maximum absolute atomic E-state index is 12.8. The van der Waals surface area contributed by atoms with Crippen LogP contribution in [0.5, 0.6) is 5.75 Å². The molecule has 27 heavy (non-hydrogen) atoms. The van der Waals surface area contributed by atoms with Crippen molar-refractivity contribution in [3.63, 3.8) is 0 Å². The van der Waals surface area contributed by atoms with E-state index in [0.29, 0.717) is 24.5 Å². The number of aromatic nitrogens is 3. The number of aromatic amines is 1. The number of pyridine rings is 1. The number of methoxy groups -OCH3 is 1. The second kappa shape index (κ2) is 7.49. The fourth-order valence-corrected chi connectivity index (χ4v) is 3.28. The molecule has 1 amide bonds. The van der Waals surface area contributed by atoms with Crippen molar-refractivity contribution in [2.24, 2.45) is 0 Å². The van der Waals surface area contributed by atoms with Gasteiger partial charge in [0.25, 0.3) is 5.91 Å². The number of carbonyl (C=O) groups excluding carboxylic acids is 1. The van der Waals surface area contributed by atoms with Gasteiger partial charge in [-0.2, -0.15) is 5.10 Å². The lowest BCUT2D eigenvalue weighted by molar-refractivity contribution is 0.0740. The molecule has 1 N–H and O–H groups in total. The number of nitrogens with zero attached hydrogens (tertiary/aromatic N) is 4. The number of nitrogens with one attached hydrogen (secondary N) is 1. The molecule has 138 valence electrons. The van der Waals surface area contributed by atoms with E-state index in [1.54, 1.807) is 19.4 Å². The van der Waals surface area contributed by atoms with Gasteiger partial charge in [-0.05, 0) is 30.3 Å². The number of carbonyl (C=O) groups is 1. The molecule has 0 atom stereocenters. The first-order valence-corrected chi connectivity index (χ1v) is 8.90. The number of benzene rings is 1. The van der Waals surface area contributed by atoms with Crippen molar-refractivity contribution in [2.75, 3.05) is 38.2 Å². The topological polar surface area (TPSA) is 74.3 Å². The van der Waals surface area contributed by atoms with Crippen LogP contribution in [-0.4, -0.2) is 59.3 Å². The summed E-state index contributed by atoms with van der Waals surface area (Å²) in [6.45, 7) is 2.82. The van der Waals surface area contributed by atoms with Gasteiger partial charge in [0.05, 0.1) is 12.8 Å². The van der Waals surface area contributed by atoms with E-state index in [9.17, 15) is 4.79 Å². The zero-order valence-electron chi connectivity index (χ0n) is 15.1. The normalized spacial score (nSPS) is 14.3. The molecule has 1 aliphatic rings. The third-order valence-electron chi connectivity index (χ3n) is 4.73. The van der Waals surface area contributed by atoms with Crippen molar-refractivity contribution < 1.29 is 9.53 Å². The molecule has 0 saturated carbocycles. The molecule has 3 aromatic rings. The van der Waals surface area contributed by atoms with Crippen LogP contribution < -0.4 is 9.64 Å². The highest BCUT2D eigenvalue weighted by molar-refractivity contribution is 5.93. The molecule has 1 aromatic carbocycles. The summed E-state index contributed by atoms with van der Waals surface area (Å²) in [4.78, 5) is 21.2. The summed E-state index contributed by atoms with van der Waals surface area (Å²) in [6, 6.07) is 15.3. The maximum atomic E-state index is 12.8. The number of hydrogen-bond donors (Lipinski definition) is 1. The Morgan fingerprint density at radius 1 is 1.07 bits per heavy atom. The molecule has 4 rings (SSSR count). The lowest BCUT2D eigenvalue weighted by Crippen LogP contribution is -2.49. The van der Waals surface area contributed by atoms with Crippen LogP contribution in [0.2, 0.25) is 0 Å². The molecule has 0 unspecified atom stereocenters. The van der Waals surface area contributed by atoms with Crippen molar-refractivity contribution >= 4 is 11.7 Å². The summed E-state index contributed by atoms with van der Waals surface area (Å²) >= 11 is 0. The maximum Gasteiger partial charge on any atom is 0.272 e. The molecule has 7 heteroatoms. The van der Waals surface area contributed by atoms with Gasteiger partial charge >= 0.3 is 0 Å². The van der Waals surface area contributed by atoms with E-state index in [0.717, 1.165) is 30.2 Å². The van der Waals surface area contributed by atoms with E-state index in [4.69, 9.17) is 4.74 Å². The fraction of sp³-hybridized carbons (Fsp3) is 0.250. The Bertz CT molecular complexity index is 917. The lowest BCUT2D eigenvalue weighted by atomic mass is 10.1. The number of hydrogen-bond acceptors (Lipinski definition) is 5. The number of rotatable bonds is 4. The van der Waals surface area contributed by atoms with Gasteiger partial charge in [-0.15, -0.1) is 0 Å². The van der Waals surface area contributed by atoms with Gasteiger partial charge in [-0.1, -0.05) is 18.2 Å². The van der Waals surface area contributed by atoms with Crippen LogP contribution in [0.1, 0.15) is 10.5 Å². The lowest BCUT2D eigenvalue weighted by Gasteiger charge is -2.35.